The average molecular weight is 451 g/mol. The molecule has 154 valence electrons. The van der Waals surface area contributed by atoms with E-state index in [9.17, 15) is 8.42 Å². The first kappa shape index (κ1) is 20.6. The standard InChI is InChI=1S/C22H15ClN4O3S/c1-31(28,29)27-22-13-25-21-10-16(4-7-20(21)26-22)15-2-5-18(6-3-15)30-19-9-14(12-24)8-17(23)11-19/h2-11,13H,1H3,(H,26,27). The van der Waals surface area contributed by atoms with E-state index >= 15 is 0 Å². The van der Waals surface area contributed by atoms with Crippen LogP contribution in [0.5, 0.6) is 11.5 Å². The van der Waals surface area contributed by atoms with Crippen molar-refractivity contribution in [2.24, 2.45) is 0 Å². The van der Waals surface area contributed by atoms with Crippen molar-refractivity contribution in [1.29, 1.82) is 5.26 Å². The van der Waals surface area contributed by atoms with Gasteiger partial charge >= 0.3 is 0 Å². The summed E-state index contributed by atoms with van der Waals surface area (Å²) in [4.78, 5) is 8.57. The summed E-state index contributed by atoms with van der Waals surface area (Å²) in [5, 5.41) is 9.48. The number of nitriles is 1. The summed E-state index contributed by atoms with van der Waals surface area (Å²) < 4.78 is 30.8. The van der Waals surface area contributed by atoms with Crippen LogP contribution in [0, 0.1) is 11.3 Å². The number of halogens is 1. The van der Waals surface area contributed by atoms with Gasteiger partial charge in [0.1, 0.15) is 11.5 Å². The molecule has 0 aliphatic rings. The molecule has 31 heavy (non-hydrogen) atoms. The summed E-state index contributed by atoms with van der Waals surface area (Å²) in [5.74, 6) is 1.26. The molecule has 0 bridgehead atoms. The van der Waals surface area contributed by atoms with Crippen LogP contribution >= 0.6 is 11.6 Å². The molecular formula is C22H15ClN4O3S. The van der Waals surface area contributed by atoms with Gasteiger partial charge in [0.15, 0.2) is 5.82 Å². The van der Waals surface area contributed by atoms with Crippen LogP contribution in [0.2, 0.25) is 5.02 Å². The number of fused-ring (bicyclic) bond motifs is 1. The maximum Gasteiger partial charge on any atom is 0.231 e. The Morgan fingerprint density at radius 3 is 2.42 bits per heavy atom. The van der Waals surface area contributed by atoms with E-state index in [1.807, 2.05) is 42.5 Å². The summed E-state index contributed by atoms with van der Waals surface area (Å²) in [6, 6.07) is 19.9. The molecule has 1 heterocycles. The Morgan fingerprint density at radius 1 is 0.968 bits per heavy atom. The summed E-state index contributed by atoms with van der Waals surface area (Å²) in [6.45, 7) is 0. The predicted molar refractivity (Wildman–Crippen MR) is 120 cm³/mol. The second kappa shape index (κ2) is 8.22. The number of ether oxygens (including phenoxy) is 1. The predicted octanol–water partition coefficient (Wildman–Crippen LogP) is 4.99. The van der Waals surface area contributed by atoms with Crippen LogP contribution in [-0.4, -0.2) is 24.6 Å². The first-order chi connectivity index (χ1) is 14.8. The number of rotatable bonds is 5. The Hall–Kier alpha value is -3.67. The summed E-state index contributed by atoms with van der Waals surface area (Å²) in [6.07, 6.45) is 2.44. The fourth-order valence-corrected chi connectivity index (χ4v) is 3.67. The molecule has 9 heteroatoms. The third kappa shape index (κ3) is 5.09. The molecule has 4 rings (SSSR count). The molecule has 0 aliphatic carbocycles. The number of sulfonamides is 1. The van der Waals surface area contributed by atoms with Crippen molar-refractivity contribution in [2.45, 2.75) is 0 Å². The monoisotopic (exact) mass is 450 g/mol. The van der Waals surface area contributed by atoms with Crippen molar-refractivity contribution in [3.63, 3.8) is 0 Å². The maximum absolute atomic E-state index is 11.4. The summed E-state index contributed by atoms with van der Waals surface area (Å²) >= 11 is 6.01. The number of anilines is 1. The molecule has 4 aromatic rings. The fourth-order valence-electron chi connectivity index (χ4n) is 2.97. The highest BCUT2D eigenvalue weighted by Gasteiger charge is 2.08. The highest BCUT2D eigenvalue weighted by molar-refractivity contribution is 7.92. The van der Waals surface area contributed by atoms with E-state index in [1.165, 1.54) is 6.20 Å². The van der Waals surface area contributed by atoms with E-state index in [4.69, 9.17) is 21.6 Å². The minimum Gasteiger partial charge on any atom is -0.457 e. The minimum atomic E-state index is -3.42. The zero-order valence-electron chi connectivity index (χ0n) is 16.2. The minimum absolute atomic E-state index is 0.171. The highest BCUT2D eigenvalue weighted by atomic mass is 35.5. The number of benzene rings is 3. The summed E-state index contributed by atoms with van der Waals surface area (Å²) in [7, 11) is -3.42. The lowest BCUT2D eigenvalue weighted by molar-refractivity contribution is 0.482. The third-order valence-electron chi connectivity index (χ3n) is 4.26. The smallest absolute Gasteiger partial charge is 0.231 e. The molecule has 0 saturated heterocycles. The topological polar surface area (TPSA) is 105 Å². The molecule has 1 aromatic heterocycles. The fraction of sp³-hybridized carbons (Fsp3) is 0.0455. The quantitative estimate of drug-likeness (QED) is 0.459. The average Bonchev–Trinajstić information content (AvgIpc) is 2.72. The molecule has 0 amide bonds. The van der Waals surface area contributed by atoms with E-state index in [0.29, 0.717) is 33.1 Å². The normalized spacial score (nSPS) is 11.1. The first-order valence-electron chi connectivity index (χ1n) is 9.03. The molecule has 7 nitrogen and oxygen atoms in total. The van der Waals surface area contributed by atoms with Gasteiger partial charge in [-0.25, -0.2) is 13.4 Å². The van der Waals surface area contributed by atoms with Crippen molar-refractivity contribution >= 4 is 38.5 Å². The second-order valence-corrected chi connectivity index (χ2v) is 8.93. The Morgan fingerprint density at radius 2 is 1.71 bits per heavy atom. The second-order valence-electron chi connectivity index (χ2n) is 6.75. The van der Waals surface area contributed by atoms with Crippen molar-refractivity contribution in [2.75, 3.05) is 11.0 Å². The lowest BCUT2D eigenvalue weighted by Gasteiger charge is -2.09. The van der Waals surface area contributed by atoms with Gasteiger partial charge in [0, 0.05) is 5.02 Å². The van der Waals surface area contributed by atoms with Crippen LogP contribution in [0.3, 0.4) is 0 Å². The molecule has 0 radical (unpaired) electrons. The molecule has 0 spiro atoms. The van der Waals surface area contributed by atoms with Gasteiger partial charge in [-0.2, -0.15) is 5.26 Å². The van der Waals surface area contributed by atoms with Gasteiger partial charge in [0.2, 0.25) is 10.0 Å². The molecule has 0 aliphatic heterocycles. The van der Waals surface area contributed by atoms with E-state index in [-0.39, 0.29) is 5.82 Å². The number of nitrogens with zero attached hydrogens (tertiary/aromatic N) is 3. The van der Waals surface area contributed by atoms with Crippen LogP contribution < -0.4 is 9.46 Å². The van der Waals surface area contributed by atoms with Gasteiger partial charge in [0.25, 0.3) is 0 Å². The molecule has 0 fully saturated rings. The largest absolute Gasteiger partial charge is 0.457 e. The number of aromatic nitrogens is 2. The van der Waals surface area contributed by atoms with Crippen molar-refractivity contribution < 1.29 is 13.2 Å². The summed E-state index contributed by atoms with van der Waals surface area (Å²) in [5.41, 5.74) is 3.50. The number of hydrogen-bond acceptors (Lipinski definition) is 6. The van der Waals surface area contributed by atoms with Crippen LogP contribution in [0.15, 0.2) is 66.9 Å². The molecule has 0 saturated carbocycles. The molecule has 0 atom stereocenters. The zero-order valence-corrected chi connectivity index (χ0v) is 17.8. The number of hydrogen-bond donors (Lipinski definition) is 1. The van der Waals surface area contributed by atoms with E-state index in [2.05, 4.69) is 14.7 Å². The maximum atomic E-state index is 11.4. The van der Waals surface area contributed by atoms with Crippen molar-refractivity contribution in [3.8, 4) is 28.7 Å². The van der Waals surface area contributed by atoms with Gasteiger partial charge in [-0.15, -0.1) is 0 Å². The Labute approximate surface area is 184 Å². The number of nitrogens with one attached hydrogen (secondary N) is 1. The molecular weight excluding hydrogens is 436 g/mol. The van der Waals surface area contributed by atoms with Crippen molar-refractivity contribution in [1.82, 2.24) is 9.97 Å². The van der Waals surface area contributed by atoms with Gasteiger partial charge in [-0.3, -0.25) is 9.71 Å². The Bertz CT molecular complexity index is 1430. The SMILES string of the molecule is CS(=O)(=O)Nc1cnc2cc(-c3ccc(Oc4cc(Cl)cc(C#N)c4)cc3)ccc2n1. The molecule has 1 N–H and O–H groups in total. The lowest BCUT2D eigenvalue weighted by atomic mass is 10.0. The van der Waals surface area contributed by atoms with E-state index in [0.717, 1.165) is 17.4 Å². The zero-order chi connectivity index (χ0) is 22.0. The van der Waals surface area contributed by atoms with Crippen molar-refractivity contribution in [3.05, 3.63) is 77.4 Å². The van der Waals surface area contributed by atoms with Gasteiger partial charge in [-0.05, 0) is 53.6 Å². The van der Waals surface area contributed by atoms with E-state index in [1.54, 1.807) is 24.3 Å². The lowest BCUT2D eigenvalue weighted by Crippen LogP contribution is -2.11. The van der Waals surface area contributed by atoms with Crippen LogP contribution in [0.25, 0.3) is 22.2 Å². The Balaban J connectivity index is 1.56. The van der Waals surface area contributed by atoms with Gasteiger partial charge < -0.3 is 4.74 Å². The molecule has 0 unspecified atom stereocenters. The van der Waals surface area contributed by atoms with Gasteiger partial charge in [0.05, 0.1) is 35.1 Å². The Kier molecular flexibility index (Phi) is 5.46. The molecule has 3 aromatic carbocycles. The first-order valence-corrected chi connectivity index (χ1v) is 11.3. The highest BCUT2D eigenvalue weighted by Crippen LogP contribution is 2.29. The van der Waals surface area contributed by atoms with E-state index < -0.39 is 10.0 Å². The van der Waals surface area contributed by atoms with Crippen LogP contribution in [0.1, 0.15) is 5.56 Å². The van der Waals surface area contributed by atoms with Crippen LogP contribution in [0.4, 0.5) is 5.82 Å². The van der Waals surface area contributed by atoms with Crippen LogP contribution in [-0.2, 0) is 10.0 Å². The van der Waals surface area contributed by atoms with Gasteiger partial charge in [-0.1, -0.05) is 29.8 Å². The third-order valence-corrected chi connectivity index (χ3v) is 5.05.